The fourth-order valence-electron chi connectivity index (χ4n) is 3.55. The van der Waals surface area contributed by atoms with Gasteiger partial charge >= 0.3 is 0 Å². The molecule has 1 aliphatic rings. The first kappa shape index (κ1) is 25.5. The number of amides is 2. The summed E-state index contributed by atoms with van der Waals surface area (Å²) in [4.78, 5) is 26.9. The first-order chi connectivity index (χ1) is 16.1. The average Bonchev–Trinajstić information content (AvgIpc) is 2.81. The van der Waals surface area contributed by atoms with Crippen LogP contribution in [0.5, 0.6) is 5.75 Å². The highest BCUT2D eigenvalue weighted by molar-refractivity contribution is 7.92. The van der Waals surface area contributed by atoms with Gasteiger partial charge in [0.15, 0.2) is 0 Å². The summed E-state index contributed by atoms with van der Waals surface area (Å²) in [6.45, 7) is 5.60. The largest absolute Gasteiger partial charge is 0.491 e. The molecule has 1 saturated heterocycles. The van der Waals surface area contributed by atoms with Crippen LogP contribution in [0.1, 0.15) is 22.8 Å². The Balaban J connectivity index is 1.61. The quantitative estimate of drug-likeness (QED) is 0.576. The fraction of sp³-hybridized carbons (Fsp3) is 0.417. The molecule has 2 aromatic rings. The van der Waals surface area contributed by atoms with Crippen LogP contribution >= 0.6 is 0 Å². The summed E-state index contributed by atoms with van der Waals surface area (Å²) < 4.78 is 36.8. The Kier molecular flexibility index (Phi) is 8.51. The molecule has 2 aromatic carbocycles. The second-order valence-electron chi connectivity index (χ2n) is 8.27. The number of aryl methyl sites for hydroxylation is 1. The number of hydrogen-bond acceptors (Lipinski definition) is 6. The normalized spacial score (nSPS) is 14.9. The maximum Gasteiger partial charge on any atom is 0.254 e. The number of para-hydroxylation sites is 1. The second-order valence-corrected chi connectivity index (χ2v) is 10.2. The first-order valence-electron chi connectivity index (χ1n) is 11.1. The van der Waals surface area contributed by atoms with Gasteiger partial charge in [0.1, 0.15) is 18.9 Å². The maximum absolute atomic E-state index is 12.6. The van der Waals surface area contributed by atoms with Crippen LogP contribution in [0.25, 0.3) is 0 Å². The minimum atomic E-state index is -3.73. The van der Waals surface area contributed by atoms with E-state index in [0.29, 0.717) is 37.6 Å². The highest BCUT2D eigenvalue weighted by Gasteiger charge is 2.23. The van der Waals surface area contributed by atoms with Crippen molar-refractivity contribution in [3.05, 3.63) is 59.7 Å². The summed E-state index contributed by atoms with van der Waals surface area (Å²) in [5.74, 6) is 0.133. The molecule has 10 heteroatoms. The zero-order chi connectivity index (χ0) is 24.7. The van der Waals surface area contributed by atoms with Crippen LogP contribution in [0.2, 0.25) is 0 Å². The van der Waals surface area contributed by atoms with E-state index in [9.17, 15) is 18.0 Å². The summed E-state index contributed by atoms with van der Waals surface area (Å²) >= 11 is 0. The molecule has 0 spiro atoms. The van der Waals surface area contributed by atoms with E-state index in [1.807, 2.05) is 31.2 Å². The Morgan fingerprint density at radius 1 is 1.12 bits per heavy atom. The van der Waals surface area contributed by atoms with Gasteiger partial charge in [-0.05, 0) is 49.7 Å². The standard InChI is InChI=1S/C24H31N3O6S/c1-18-6-4-5-7-22(18)33-17-19(2)25-23(28)16-27(34(3,30)31)21-10-8-20(9-11-21)24(29)26-12-14-32-15-13-26/h4-11,19H,12-17H2,1-3H3,(H,25,28). The molecule has 9 nitrogen and oxygen atoms in total. The molecule has 34 heavy (non-hydrogen) atoms. The third kappa shape index (κ3) is 6.94. The number of carbonyl (C=O) groups excluding carboxylic acids is 2. The molecule has 1 N–H and O–H groups in total. The predicted octanol–water partition coefficient (Wildman–Crippen LogP) is 1.82. The Labute approximate surface area is 200 Å². The molecule has 0 saturated carbocycles. The fourth-order valence-corrected chi connectivity index (χ4v) is 4.40. The summed E-state index contributed by atoms with van der Waals surface area (Å²) in [5.41, 5.74) is 1.74. The monoisotopic (exact) mass is 489 g/mol. The third-order valence-corrected chi connectivity index (χ3v) is 6.52. The highest BCUT2D eigenvalue weighted by atomic mass is 32.2. The van der Waals surface area contributed by atoms with Crippen LogP contribution in [0.4, 0.5) is 5.69 Å². The van der Waals surface area contributed by atoms with Crippen LogP contribution in [0.3, 0.4) is 0 Å². The number of carbonyl (C=O) groups is 2. The molecule has 0 aliphatic carbocycles. The van der Waals surface area contributed by atoms with Crippen molar-refractivity contribution < 1.29 is 27.5 Å². The van der Waals surface area contributed by atoms with E-state index >= 15 is 0 Å². The van der Waals surface area contributed by atoms with Gasteiger partial charge in [-0.15, -0.1) is 0 Å². The van der Waals surface area contributed by atoms with E-state index in [0.717, 1.165) is 21.9 Å². The average molecular weight is 490 g/mol. The molecule has 2 amide bonds. The lowest BCUT2D eigenvalue weighted by Gasteiger charge is -2.27. The number of ether oxygens (including phenoxy) is 2. The smallest absolute Gasteiger partial charge is 0.254 e. The molecule has 0 aromatic heterocycles. The minimum absolute atomic E-state index is 0.138. The molecule has 0 radical (unpaired) electrons. The zero-order valence-corrected chi connectivity index (χ0v) is 20.5. The molecule has 1 heterocycles. The number of sulfonamides is 1. The molecule has 3 rings (SSSR count). The molecular formula is C24H31N3O6S. The summed E-state index contributed by atoms with van der Waals surface area (Å²) in [6, 6.07) is 13.4. The van der Waals surface area contributed by atoms with E-state index in [-0.39, 0.29) is 25.1 Å². The highest BCUT2D eigenvalue weighted by Crippen LogP contribution is 2.20. The van der Waals surface area contributed by atoms with Crippen LogP contribution in [0, 0.1) is 6.92 Å². The molecular weight excluding hydrogens is 458 g/mol. The van der Waals surface area contributed by atoms with Gasteiger partial charge in [-0.1, -0.05) is 18.2 Å². The molecule has 0 bridgehead atoms. The lowest BCUT2D eigenvalue weighted by Crippen LogP contribution is -2.45. The van der Waals surface area contributed by atoms with Gasteiger partial charge in [-0.25, -0.2) is 8.42 Å². The van der Waals surface area contributed by atoms with Crippen molar-refractivity contribution in [1.82, 2.24) is 10.2 Å². The topological polar surface area (TPSA) is 105 Å². The Morgan fingerprint density at radius 3 is 2.38 bits per heavy atom. The molecule has 1 fully saturated rings. The second kappa shape index (κ2) is 11.3. The lowest BCUT2D eigenvalue weighted by molar-refractivity contribution is -0.120. The van der Waals surface area contributed by atoms with Gasteiger partial charge in [-0.3, -0.25) is 13.9 Å². The number of nitrogens with zero attached hydrogens (tertiary/aromatic N) is 2. The minimum Gasteiger partial charge on any atom is -0.491 e. The Morgan fingerprint density at radius 2 is 1.76 bits per heavy atom. The van der Waals surface area contributed by atoms with Crippen molar-refractivity contribution in [2.24, 2.45) is 0 Å². The van der Waals surface area contributed by atoms with Gasteiger partial charge in [0.25, 0.3) is 5.91 Å². The van der Waals surface area contributed by atoms with Gasteiger partial charge in [0, 0.05) is 18.7 Å². The third-order valence-electron chi connectivity index (χ3n) is 5.38. The van der Waals surface area contributed by atoms with Crippen LogP contribution < -0.4 is 14.4 Å². The van der Waals surface area contributed by atoms with Gasteiger partial charge in [0.05, 0.1) is 31.2 Å². The van der Waals surface area contributed by atoms with Crippen LogP contribution in [-0.2, 0) is 19.6 Å². The van der Waals surface area contributed by atoms with Crippen LogP contribution in [-0.4, -0.2) is 76.9 Å². The SMILES string of the molecule is Cc1ccccc1OCC(C)NC(=O)CN(c1ccc(C(=O)N2CCOCC2)cc1)S(C)(=O)=O. The van der Waals surface area contributed by atoms with Crippen molar-refractivity contribution in [2.75, 3.05) is 50.0 Å². The maximum atomic E-state index is 12.6. The van der Waals surface area contributed by atoms with Crippen molar-refractivity contribution >= 4 is 27.5 Å². The molecule has 1 aliphatic heterocycles. The Hall–Kier alpha value is -3.11. The summed E-state index contributed by atoms with van der Waals surface area (Å²) in [5, 5.41) is 2.77. The van der Waals surface area contributed by atoms with Gasteiger partial charge < -0.3 is 19.7 Å². The summed E-state index contributed by atoms with van der Waals surface area (Å²) in [6.07, 6.45) is 1.04. The molecule has 1 unspecified atom stereocenters. The van der Waals surface area contributed by atoms with Crippen molar-refractivity contribution in [3.8, 4) is 5.75 Å². The summed E-state index contributed by atoms with van der Waals surface area (Å²) in [7, 11) is -3.73. The van der Waals surface area contributed by atoms with E-state index in [1.165, 1.54) is 12.1 Å². The zero-order valence-electron chi connectivity index (χ0n) is 19.7. The van der Waals surface area contributed by atoms with Gasteiger partial charge in [0.2, 0.25) is 15.9 Å². The number of benzene rings is 2. The van der Waals surface area contributed by atoms with E-state index < -0.39 is 15.9 Å². The van der Waals surface area contributed by atoms with Crippen molar-refractivity contribution in [3.63, 3.8) is 0 Å². The first-order valence-corrected chi connectivity index (χ1v) is 12.9. The predicted molar refractivity (Wildman–Crippen MR) is 130 cm³/mol. The number of nitrogens with one attached hydrogen (secondary N) is 1. The van der Waals surface area contributed by atoms with E-state index in [4.69, 9.17) is 9.47 Å². The number of hydrogen-bond donors (Lipinski definition) is 1. The molecule has 184 valence electrons. The number of anilines is 1. The van der Waals surface area contributed by atoms with Crippen molar-refractivity contribution in [1.29, 1.82) is 0 Å². The van der Waals surface area contributed by atoms with Crippen LogP contribution in [0.15, 0.2) is 48.5 Å². The molecule has 1 atom stereocenters. The van der Waals surface area contributed by atoms with Crippen molar-refractivity contribution in [2.45, 2.75) is 19.9 Å². The van der Waals surface area contributed by atoms with E-state index in [2.05, 4.69) is 5.32 Å². The van der Waals surface area contributed by atoms with E-state index in [1.54, 1.807) is 24.0 Å². The number of morpholine rings is 1. The number of rotatable bonds is 9. The Bertz CT molecular complexity index is 1100. The van der Waals surface area contributed by atoms with Gasteiger partial charge in [-0.2, -0.15) is 0 Å². The lowest BCUT2D eigenvalue weighted by atomic mass is 10.1.